The van der Waals surface area contributed by atoms with E-state index in [0.717, 1.165) is 22.8 Å². The molecule has 31 heavy (non-hydrogen) atoms. The van der Waals surface area contributed by atoms with Crippen LogP contribution in [0.2, 0.25) is 0 Å². The topological polar surface area (TPSA) is 78.3 Å². The first-order chi connectivity index (χ1) is 15.0. The van der Waals surface area contributed by atoms with E-state index in [0.29, 0.717) is 17.0 Å². The van der Waals surface area contributed by atoms with E-state index in [1.807, 2.05) is 48.7 Å². The van der Waals surface area contributed by atoms with Crippen molar-refractivity contribution in [1.82, 2.24) is 14.5 Å². The van der Waals surface area contributed by atoms with Crippen molar-refractivity contribution in [3.63, 3.8) is 0 Å². The van der Waals surface area contributed by atoms with Crippen LogP contribution in [0.5, 0.6) is 17.5 Å². The molecule has 0 radical (unpaired) electrons. The summed E-state index contributed by atoms with van der Waals surface area (Å²) in [7, 11) is 1.64. The number of ether oxygens (including phenoxy) is 2. The van der Waals surface area contributed by atoms with E-state index in [-0.39, 0.29) is 11.9 Å². The minimum atomic E-state index is -0.173. The Hall–Kier alpha value is -4.13. The minimum absolute atomic E-state index is 0.173. The Balaban J connectivity index is 1.49. The van der Waals surface area contributed by atoms with Gasteiger partial charge < -0.3 is 19.4 Å². The van der Waals surface area contributed by atoms with E-state index in [1.54, 1.807) is 49.8 Å². The van der Waals surface area contributed by atoms with Crippen LogP contribution in [0.15, 0.2) is 73.1 Å². The van der Waals surface area contributed by atoms with Crippen LogP contribution in [-0.2, 0) is 0 Å². The van der Waals surface area contributed by atoms with Gasteiger partial charge >= 0.3 is 6.01 Å². The van der Waals surface area contributed by atoms with Gasteiger partial charge in [-0.2, -0.15) is 0 Å². The Bertz CT molecular complexity index is 1180. The Morgan fingerprint density at radius 1 is 0.935 bits per heavy atom. The lowest BCUT2D eigenvalue weighted by atomic mass is 10.2. The fraction of sp³-hybridized carbons (Fsp3) is 0.125. The predicted molar refractivity (Wildman–Crippen MR) is 118 cm³/mol. The van der Waals surface area contributed by atoms with Crippen molar-refractivity contribution in [3.05, 3.63) is 90.0 Å². The second kappa shape index (κ2) is 8.71. The first kappa shape index (κ1) is 20.2. The van der Waals surface area contributed by atoms with E-state index in [1.165, 1.54) is 0 Å². The minimum Gasteiger partial charge on any atom is -0.497 e. The van der Waals surface area contributed by atoms with Crippen LogP contribution in [0.4, 0.5) is 5.69 Å². The number of hydrogen-bond acceptors (Lipinski definition) is 5. The number of hydrogen-bond donors (Lipinski definition) is 1. The number of anilines is 1. The Morgan fingerprint density at radius 3 is 2.23 bits per heavy atom. The summed E-state index contributed by atoms with van der Waals surface area (Å²) in [5.41, 5.74) is 4.09. The second-order valence-corrected chi connectivity index (χ2v) is 6.93. The first-order valence-corrected chi connectivity index (χ1v) is 9.75. The molecule has 4 aromatic rings. The van der Waals surface area contributed by atoms with Gasteiger partial charge in [0.1, 0.15) is 11.5 Å². The Morgan fingerprint density at radius 2 is 1.58 bits per heavy atom. The van der Waals surface area contributed by atoms with Gasteiger partial charge in [0.2, 0.25) is 0 Å². The molecule has 0 spiro atoms. The first-order valence-electron chi connectivity index (χ1n) is 9.75. The summed E-state index contributed by atoms with van der Waals surface area (Å²) in [6, 6.07) is 18.7. The highest BCUT2D eigenvalue weighted by Crippen LogP contribution is 2.24. The van der Waals surface area contributed by atoms with E-state index < -0.39 is 0 Å². The van der Waals surface area contributed by atoms with Gasteiger partial charge in [0, 0.05) is 35.2 Å². The Kier molecular flexibility index (Phi) is 5.66. The lowest BCUT2D eigenvalue weighted by Gasteiger charge is -2.11. The third kappa shape index (κ3) is 4.40. The van der Waals surface area contributed by atoms with Crippen molar-refractivity contribution in [2.75, 3.05) is 12.4 Å². The van der Waals surface area contributed by atoms with Crippen LogP contribution in [0, 0.1) is 13.8 Å². The van der Waals surface area contributed by atoms with Gasteiger partial charge in [0.15, 0.2) is 0 Å². The highest BCUT2D eigenvalue weighted by Gasteiger charge is 2.17. The maximum atomic E-state index is 12.9. The van der Waals surface area contributed by atoms with Crippen molar-refractivity contribution >= 4 is 11.6 Å². The molecule has 0 bridgehead atoms. The molecule has 0 aliphatic carbocycles. The molecule has 1 N–H and O–H groups in total. The molecule has 7 nitrogen and oxygen atoms in total. The number of aryl methyl sites for hydroxylation is 1. The molecule has 0 aliphatic rings. The summed E-state index contributed by atoms with van der Waals surface area (Å²) in [4.78, 5) is 21.0. The average Bonchev–Trinajstić information content (AvgIpc) is 3.10. The third-order valence-electron chi connectivity index (χ3n) is 4.87. The normalized spacial score (nSPS) is 10.5. The van der Waals surface area contributed by atoms with Crippen molar-refractivity contribution < 1.29 is 14.3 Å². The molecule has 0 unspecified atom stereocenters. The van der Waals surface area contributed by atoms with Crippen LogP contribution < -0.4 is 14.8 Å². The predicted octanol–water partition coefficient (Wildman–Crippen LogP) is 4.94. The second-order valence-electron chi connectivity index (χ2n) is 6.93. The van der Waals surface area contributed by atoms with Crippen LogP contribution in [-0.4, -0.2) is 27.6 Å². The molecule has 2 aromatic heterocycles. The number of carbonyl (C=O) groups excluding carboxylic acids is 1. The van der Waals surface area contributed by atoms with Crippen LogP contribution in [0.1, 0.15) is 21.7 Å². The number of benzene rings is 2. The zero-order chi connectivity index (χ0) is 21.8. The molecule has 2 aromatic carbocycles. The summed E-state index contributed by atoms with van der Waals surface area (Å²) in [5.74, 6) is 1.20. The fourth-order valence-corrected chi connectivity index (χ4v) is 3.37. The van der Waals surface area contributed by atoms with Crippen molar-refractivity contribution in [3.8, 4) is 23.2 Å². The van der Waals surface area contributed by atoms with E-state index in [2.05, 4.69) is 15.3 Å². The molecular weight excluding hydrogens is 392 g/mol. The summed E-state index contributed by atoms with van der Waals surface area (Å²) in [6.45, 7) is 3.91. The molecule has 0 atom stereocenters. The smallest absolute Gasteiger partial charge is 0.321 e. The average molecular weight is 414 g/mol. The molecule has 0 aliphatic heterocycles. The number of amides is 1. The molecule has 0 saturated carbocycles. The number of nitrogens with one attached hydrogen (secondary N) is 1. The van der Waals surface area contributed by atoms with Gasteiger partial charge in [-0.25, -0.2) is 9.97 Å². The molecule has 7 heteroatoms. The quantitative estimate of drug-likeness (QED) is 0.484. The molecule has 156 valence electrons. The maximum absolute atomic E-state index is 12.9. The number of nitrogens with zero attached hydrogens (tertiary/aromatic N) is 3. The van der Waals surface area contributed by atoms with Gasteiger partial charge in [-0.05, 0) is 74.5 Å². The molecule has 0 saturated heterocycles. The highest BCUT2D eigenvalue weighted by atomic mass is 16.5. The third-order valence-corrected chi connectivity index (χ3v) is 4.87. The molecule has 2 heterocycles. The summed E-state index contributed by atoms with van der Waals surface area (Å²) in [5, 5.41) is 2.94. The zero-order valence-corrected chi connectivity index (χ0v) is 17.5. The van der Waals surface area contributed by atoms with Crippen molar-refractivity contribution in [1.29, 1.82) is 0 Å². The van der Waals surface area contributed by atoms with Crippen LogP contribution >= 0.6 is 0 Å². The molecular formula is C24H22N4O3. The van der Waals surface area contributed by atoms with E-state index in [9.17, 15) is 4.79 Å². The van der Waals surface area contributed by atoms with Gasteiger partial charge in [0.25, 0.3) is 5.91 Å². The largest absolute Gasteiger partial charge is 0.497 e. The Labute approximate surface area is 180 Å². The number of carbonyl (C=O) groups is 1. The summed E-state index contributed by atoms with van der Waals surface area (Å²) < 4.78 is 12.9. The monoisotopic (exact) mass is 414 g/mol. The highest BCUT2D eigenvalue weighted by molar-refractivity contribution is 6.05. The van der Waals surface area contributed by atoms with Gasteiger partial charge in [0.05, 0.1) is 12.7 Å². The number of rotatable bonds is 6. The standard InChI is InChI=1S/C24H22N4O3/c1-16-15-22(17(2)28(16)19-7-11-20(30-3)12-8-19)23(29)27-18-5-9-21(10-6-18)31-24-25-13-4-14-26-24/h4-15H,1-3H3,(H,27,29). The number of aromatic nitrogens is 3. The van der Waals surface area contributed by atoms with Crippen LogP contribution in [0.3, 0.4) is 0 Å². The fourth-order valence-electron chi connectivity index (χ4n) is 3.37. The molecule has 1 amide bonds. The summed E-state index contributed by atoms with van der Waals surface area (Å²) >= 11 is 0. The van der Waals surface area contributed by atoms with Gasteiger partial charge in [-0.15, -0.1) is 0 Å². The molecule has 0 fully saturated rings. The van der Waals surface area contributed by atoms with Crippen molar-refractivity contribution in [2.24, 2.45) is 0 Å². The zero-order valence-electron chi connectivity index (χ0n) is 17.5. The number of methoxy groups -OCH3 is 1. The van der Waals surface area contributed by atoms with E-state index in [4.69, 9.17) is 9.47 Å². The lowest BCUT2D eigenvalue weighted by molar-refractivity contribution is 0.102. The van der Waals surface area contributed by atoms with Gasteiger partial charge in [-0.1, -0.05) is 0 Å². The summed E-state index contributed by atoms with van der Waals surface area (Å²) in [6.07, 6.45) is 3.22. The van der Waals surface area contributed by atoms with Gasteiger partial charge in [-0.3, -0.25) is 4.79 Å². The van der Waals surface area contributed by atoms with E-state index >= 15 is 0 Å². The molecule has 4 rings (SSSR count). The SMILES string of the molecule is COc1ccc(-n2c(C)cc(C(=O)Nc3ccc(Oc4ncccn4)cc3)c2C)cc1. The lowest BCUT2D eigenvalue weighted by Crippen LogP contribution is -2.13. The maximum Gasteiger partial charge on any atom is 0.321 e. The van der Waals surface area contributed by atoms with Crippen LogP contribution in [0.25, 0.3) is 5.69 Å². The van der Waals surface area contributed by atoms with Crippen molar-refractivity contribution in [2.45, 2.75) is 13.8 Å².